The lowest BCUT2D eigenvalue weighted by Crippen LogP contribution is -2.39. The summed E-state index contributed by atoms with van der Waals surface area (Å²) in [6, 6.07) is 16.3. The number of rotatable bonds is 5. The number of nitrogens with one attached hydrogen (secondary N) is 2. The minimum absolute atomic E-state index is 0. The maximum atomic E-state index is 4.27. The van der Waals surface area contributed by atoms with Gasteiger partial charge in [0.25, 0.3) is 0 Å². The van der Waals surface area contributed by atoms with Gasteiger partial charge in [-0.2, -0.15) is 0 Å². The summed E-state index contributed by atoms with van der Waals surface area (Å²) in [7, 11) is 1.77. The molecule has 0 spiro atoms. The zero-order valence-corrected chi connectivity index (χ0v) is 16.7. The van der Waals surface area contributed by atoms with Gasteiger partial charge in [0.2, 0.25) is 0 Å². The van der Waals surface area contributed by atoms with E-state index in [-0.39, 0.29) is 24.0 Å². The van der Waals surface area contributed by atoms with Gasteiger partial charge in [-0.05, 0) is 23.6 Å². The zero-order valence-electron chi connectivity index (χ0n) is 14.4. The van der Waals surface area contributed by atoms with E-state index in [9.17, 15) is 0 Å². The molecule has 3 rings (SSSR count). The van der Waals surface area contributed by atoms with Gasteiger partial charge in [0.15, 0.2) is 17.4 Å². The van der Waals surface area contributed by atoms with Crippen molar-refractivity contribution in [3.05, 3.63) is 66.1 Å². The second-order valence-corrected chi connectivity index (χ2v) is 5.66. The quantitative estimate of drug-likeness (QED) is 0.357. The predicted octanol–water partition coefficient (Wildman–Crippen LogP) is 2.82. The minimum atomic E-state index is 0. The van der Waals surface area contributed by atoms with E-state index in [2.05, 4.69) is 57.0 Å². The van der Waals surface area contributed by atoms with Crippen molar-refractivity contribution in [3.63, 3.8) is 0 Å². The highest BCUT2D eigenvalue weighted by Crippen LogP contribution is 2.12. The second-order valence-electron chi connectivity index (χ2n) is 5.66. The smallest absolute Gasteiger partial charge is 0.191 e. The van der Waals surface area contributed by atoms with Crippen molar-refractivity contribution < 1.29 is 0 Å². The summed E-state index contributed by atoms with van der Waals surface area (Å²) in [5.41, 5.74) is 2.15. The molecule has 0 saturated carbocycles. The SMILES string of the molecule is CN=C(NCc1nnc2ccccn12)NCC(C)c1ccccc1.I. The monoisotopic (exact) mass is 450 g/mol. The lowest BCUT2D eigenvalue weighted by molar-refractivity contribution is 0.692. The summed E-state index contributed by atoms with van der Waals surface area (Å²) in [6.07, 6.45) is 1.96. The van der Waals surface area contributed by atoms with Crippen molar-refractivity contribution >= 4 is 35.6 Å². The molecular weight excluding hydrogens is 427 g/mol. The molecule has 0 radical (unpaired) electrons. The van der Waals surface area contributed by atoms with E-state index in [4.69, 9.17) is 0 Å². The van der Waals surface area contributed by atoms with E-state index < -0.39 is 0 Å². The third kappa shape index (κ3) is 4.91. The van der Waals surface area contributed by atoms with Crippen LogP contribution in [0.15, 0.2) is 59.7 Å². The number of pyridine rings is 1. The number of hydrogen-bond acceptors (Lipinski definition) is 3. The number of guanidine groups is 1. The molecule has 25 heavy (non-hydrogen) atoms. The van der Waals surface area contributed by atoms with Crippen molar-refractivity contribution in [1.82, 2.24) is 25.2 Å². The van der Waals surface area contributed by atoms with Gasteiger partial charge in [-0.1, -0.05) is 43.3 Å². The van der Waals surface area contributed by atoms with Gasteiger partial charge >= 0.3 is 0 Å². The number of nitrogens with zero attached hydrogens (tertiary/aromatic N) is 4. The molecule has 0 bridgehead atoms. The standard InChI is InChI=1S/C18H22N6.HI/c1-14(15-8-4-3-5-9-15)12-20-18(19-2)21-13-17-23-22-16-10-6-7-11-24(16)17;/h3-11,14H,12-13H2,1-2H3,(H2,19,20,21);1H. The van der Waals surface area contributed by atoms with E-state index in [1.54, 1.807) is 7.05 Å². The molecule has 0 amide bonds. The van der Waals surface area contributed by atoms with Gasteiger partial charge in [0, 0.05) is 19.8 Å². The third-order valence-electron chi connectivity index (χ3n) is 3.97. The molecule has 7 heteroatoms. The van der Waals surface area contributed by atoms with Crippen LogP contribution in [0.5, 0.6) is 0 Å². The lowest BCUT2D eigenvalue weighted by atomic mass is 10.0. The lowest BCUT2D eigenvalue weighted by Gasteiger charge is -2.16. The molecule has 1 atom stereocenters. The van der Waals surface area contributed by atoms with Crippen LogP contribution in [0.25, 0.3) is 5.65 Å². The molecule has 6 nitrogen and oxygen atoms in total. The fourth-order valence-corrected chi connectivity index (χ4v) is 2.54. The van der Waals surface area contributed by atoms with Crippen molar-refractivity contribution in [2.24, 2.45) is 4.99 Å². The van der Waals surface area contributed by atoms with Gasteiger partial charge in [-0.15, -0.1) is 34.2 Å². The fraction of sp³-hybridized carbons (Fsp3) is 0.278. The number of hydrogen-bond donors (Lipinski definition) is 2. The van der Waals surface area contributed by atoms with Crippen LogP contribution in [-0.2, 0) is 6.54 Å². The summed E-state index contributed by atoms with van der Waals surface area (Å²) in [6.45, 7) is 3.57. The van der Waals surface area contributed by atoms with Gasteiger partial charge in [0.05, 0.1) is 6.54 Å². The molecule has 1 unspecified atom stereocenters. The molecule has 0 aliphatic carbocycles. The number of aliphatic imine (C=N–C) groups is 1. The topological polar surface area (TPSA) is 66.6 Å². The first-order valence-electron chi connectivity index (χ1n) is 8.06. The highest BCUT2D eigenvalue weighted by atomic mass is 127. The van der Waals surface area contributed by atoms with Crippen molar-refractivity contribution in [1.29, 1.82) is 0 Å². The van der Waals surface area contributed by atoms with Gasteiger partial charge < -0.3 is 10.6 Å². The Morgan fingerprint density at radius 2 is 1.84 bits per heavy atom. The van der Waals surface area contributed by atoms with Crippen LogP contribution in [0.2, 0.25) is 0 Å². The largest absolute Gasteiger partial charge is 0.356 e. The summed E-state index contributed by atoms with van der Waals surface area (Å²) >= 11 is 0. The van der Waals surface area contributed by atoms with Crippen molar-refractivity contribution in [2.75, 3.05) is 13.6 Å². The van der Waals surface area contributed by atoms with Crippen LogP contribution >= 0.6 is 24.0 Å². The Labute approximate surface area is 164 Å². The first kappa shape index (κ1) is 19.2. The normalized spacial score (nSPS) is 12.5. The molecule has 0 aliphatic heterocycles. The van der Waals surface area contributed by atoms with Gasteiger partial charge in [-0.3, -0.25) is 9.39 Å². The maximum Gasteiger partial charge on any atom is 0.191 e. The van der Waals surface area contributed by atoms with Crippen LogP contribution in [-0.4, -0.2) is 34.2 Å². The number of halogens is 1. The molecule has 0 saturated heterocycles. The van der Waals surface area contributed by atoms with Crippen LogP contribution in [0.4, 0.5) is 0 Å². The number of aromatic nitrogens is 3. The van der Waals surface area contributed by atoms with E-state index in [0.29, 0.717) is 12.5 Å². The molecular formula is C18H23IN6. The average Bonchev–Trinajstić information content (AvgIpc) is 3.05. The Morgan fingerprint density at radius 1 is 1.08 bits per heavy atom. The second kappa shape index (κ2) is 9.36. The summed E-state index contributed by atoms with van der Waals surface area (Å²) < 4.78 is 1.97. The predicted molar refractivity (Wildman–Crippen MR) is 111 cm³/mol. The Bertz CT molecular complexity index is 815. The van der Waals surface area contributed by atoms with Gasteiger partial charge in [-0.25, -0.2) is 0 Å². The van der Waals surface area contributed by atoms with E-state index in [1.165, 1.54) is 5.56 Å². The third-order valence-corrected chi connectivity index (χ3v) is 3.97. The Kier molecular flexibility index (Phi) is 7.17. The van der Waals surface area contributed by atoms with Crippen LogP contribution in [0, 0.1) is 0 Å². The summed E-state index contributed by atoms with van der Waals surface area (Å²) in [4.78, 5) is 4.27. The maximum absolute atomic E-state index is 4.27. The van der Waals surface area contributed by atoms with E-state index in [0.717, 1.165) is 24.0 Å². The Hall–Kier alpha value is -2.16. The van der Waals surface area contributed by atoms with Crippen LogP contribution in [0.3, 0.4) is 0 Å². The van der Waals surface area contributed by atoms with E-state index >= 15 is 0 Å². The molecule has 0 aliphatic rings. The van der Waals surface area contributed by atoms with E-state index in [1.807, 2.05) is 34.9 Å². The Balaban J connectivity index is 0.00000225. The molecule has 132 valence electrons. The van der Waals surface area contributed by atoms with Crippen molar-refractivity contribution in [3.8, 4) is 0 Å². The molecule has 2 N–H and O–H groups in total. The molecule has 2 heterocycles. The van der Waals surface area contributed by atoms with Crippen LogP contribution < -0.4 is 10.6 Å². The van der Waals surface area contributed by atoms with Crippen molar-refractivity contribution in [2.45, 2.75) is 19.4 Å². The highest BCUT2D eigenvalue weighted by Gasteiger charge is 2.08. The molecule has 0 fully saturated rings. The molecule has 1 aromatic carbocycles. The number of fused-ring (bicyclic) bond motifs is 1. The first-order valence-corrected chi connectivity index (χ1v) is 8.06. The van der Waals surface area contributed by atoms with Gasteiger partial charge in [0.1, 0.15) is 0 Å². The average molecular weight is 450 g/mol. The first-order chi connectivity index (χ1) is 11.8. The Morgan fingerprint density at radius 3 is 2.60 bits per heavy atom. The zero-order chi connectivity index (χ0) is 16.8. The fourth-order valence-electron chi connectivity index (χ4n) is 2.54. The number of benzene rings is 1. The minimum Gasteiger partial charge on any atom is -0.356 e. The van der Waals surface area contributed by atoms with Crippen LogP contribution in [0.1, 0.15) is 24.2 Å². The highest BCUT2D eigenvalue weighted by molar-refractivity contribution is 14.0. The molecule has 2 aromatic heterocycles. The molecule has 3 aromatic rings. The summed E-state index contributed by atoms with van der Waals surface area (Å²) in [5.74, 6) is 2.01. The summed E-state index contributed by atoms with van der Waals surface area (Å²) in [5, 5.41) is 15.0.